The quantitative estimate of drug-likeness (QED) is 0.852. The van der Waals surface area contributed by atoms with Gasteiger partial charge in [0, 0.05) is 25.7 Å². The van der Waals surface area contributed by atoms with Crippen molar-refractivity contribution < 1.29 is 14.7 Å². The number of carboxylic acids is 1. The summed E-state index contributed by atoms with van der Waals surface area (Å²) in [5, 5.41) is 9.10. The molecule has 2 atom stereocenters. The molecule has 0 bridgehead atoms. The van der Waals surface area contributed by atoms with Crippen LogP contribution in [0.2, 0.25) is 0 Å². The van der Waals surface area contributed by atoms with Gasteiger partial charge in [-0.05, 0) is 38.0 Å². The molecule has 2 heterocycles. The third kappa shape index (κ3) is 3.50. The molecule has 21 heavy (non-hydrogen) atoms. The van der Waals surface area contributed by atoms with Gasteiger partial charge in [0.2, 0.25) is 0 Å². The van der Waals surface area contributed by atoms with E-state index in [1.54, 1.807) is 0 Å². The van der Waals surface area contributed by atoms with Crippen molar-refractivity contribution in [1.82, 2.24) is 9.80 Å². The van der Waals surface area contributed by atoms with Crippen molar-refractivity contribution in [2.24, 2.45) is 11.3 Å². The van der Waals surface area contributed by atoms with Crippen LogP contribution in [0.25, 0.3) is 0 Å². The Morgan fingerprint density at radius 3 is 2.33 bits per heavy atom. The second-order valence-corrected chi connectivity index (χ2v) is 7.04. The molecule has 2 saturated heterocycles. The highest BCUT2D eigenvalue weighted by Crippen LogP contribution is 2.34. The number of hydrogen-bond donors (Lipinski definition) is 1. The van der Waals surface area contributed by atoms with Crippen molar-refractivity contribution in [1.29, 1.82) is 0 Å². The summed E-state index contributed by atoms with van der Waals surface area (Å²) in [4.78, 5) is 27.5. The molecule has 2 aliphatic heterocycles. The number of urea groups is 1. The molecule has 0 radical (unpaired) electrons. The Labute approximate surface area is 127 Å². The van der Waals surface area contributed by atoms with Gasteiger partial charge in [0.25, 0.3) is 0 Å². The van der Waals surface area contributed by atoms with Crippen LogP contribution in [0, 0.1) is 11.3 Å². The number of nitrogens with zero attached hydrogens (tertiary/aromatic N) is 2. The summed E-state index contributed by atoms with van der Waals surface area (Å²) < 4.78 is 0. The zero-order valence-corrected chi connectivity index (χ0v) is 13.5. The standard InChI is InChI=1S/C16H28N2O3/c1-4-16(3)6-9-17(10-7-16)15(21)18-8-5-13(14(19)20)11-12(18)2/h12-13H,4-11H2,1-3H3,(H,19,20). The Morgan fingerprint density at radius 2 is 1.86 bits per heavy atom. The Bertz CT molecular complexity index is 402. The first-order valence-electron chi connectivity index (χ1n) is 8.14. The minimum Gasteiger partial charge on any atom is -0.481 e. The van der Waals surface area contributed by atoms with Crippen LogP contribution >= 0.6 is 0 Å². The Kier molecular flexibility index (Phi) is 4.79. The first-order chi connectivity index (χ1) is 9.86. The number of amides is 2. The van der Waals surface area contributed by atoms with Crippen LogP contribution in [-0.2, 0) is 4.79 Å². The number of piperidine rings is 2. The van der Waals surface area contributed by atoms with Crippen LogP contribution in [-0.4, -0.2) is 52.6 Å². The fraction of sp³-hybridized carbons (Fsp3) is 0.875. The lowest BCUT2D eigenvalue weighted by Gasteiger charge is -2.43. The van der Waals surface area contributed by atoms with E-state index in [9.17, 15) is 9.59 Å². The van der Waals surface area contributed by atoms with E-state index < -0.39 is 5.97 Å². The van der Waals surface area contributed by atoms with Gasteiger partial charge in [-0.3, -0.25) is 4.79 Å². The molecule has 0 aromatic heterocycles. The Hall–Kier alpha value is -1.26. The van der Waals surface area contributed by atoms with Crippen LogP contribution in [0.3, 0.4) is 0 Å². The van der Waals surface area contributed by atoms with Crippen LogP contribution in [0.4, 0.5) is 4.79 Å². The molecule has 5 heteroatoms. The highest BCUT2D eigenvalue weighted by Gasteiger charge is 2.36. The first kappa shape index (κ1) is 16.1. The van der Waals surface area contributed by atoms with Crippen molar-refractivity contribution in [3.63, 3.8) is 0 Å². The number of carbonyl (C=O) groups is 2. The van der Waals surface area contributed by atoms with Crippen molar-refractivity contribution in [3.8, 4) is 0 Å². The molecule has 1 N–H and O–H groups in total. The predicted molar refractivity (Wildman–Crippen MR) is 81.1 cm³/mol. The second-order valence-electron chi connectivity index (χ2n) is 7.04. The Morgan fingerprint density at radius 1 is 1.24 bits per heavy atom. The number of carbonyl (C=O) groups excluding carboxylic acids is 1. The zero-order valence-electron chi connectivity index (χ0n) is 13.5. The second kappa shape index (κ2) is 6.24. The van der Waals surface area contributed by atoms with Crippen LogP contribution in [0.5, 0.6) is 0 Å². The van der Waals surface area contributed by atoms with Crippen LogP contribution in [0.15, 0.2) is 0 Å². The van der Waals surface area contributed by atoms with E-state index in [2.05, 4.69) is 13.8 Å². The van der Waals surface area contributed by atoms with Crippen molar-refractivity contribution in [2.75, 3.05) is 19.6 Å². The molecule has 2 fully saturated rings. The smallest absolute Gasteiger partial charge is 0.320 e. The van der Waals surface area contributed by atoms with Gasteiger partial charge < -0.3 is 14.9 Å². The van der Waals surface area contributed by atoms with E-state index in [0.717, 1.165) is 32.4 Å². The summed E-state index contributed by atoms with van der Waals surface area (Å²) in [5.41, 5.74) is 0.374. The molecule has 0 saturated carbocycles. The highest BCUT2D eigenvalue weighted by atomic mass is 16.4. The number of hydrogen-bond acceptors (Lipinski definition) is 2. The van der Waals surface area contributed by atoms with E-state index in [0.29, 0.717) is 24.8 Å². The molecule has 5 nitrogen and oxygen atoms in total. The molecule has 2 aliphatic rings. The van der Waals surface area contributed by atoms with Gasteiger partial charge in [-0.25, -0.2) is 4.79 Å². The SMILES string of the molecule is CCC1(C)CCN(C(=O)N2CCC(C(=O)O)CC2C)CC1. The van der Waals surface area contributed by atoms with Gasteiger partial charge >= 0.3 is 12.0 Å². The van der Waals surface area contributed by atoms with E-state index >= 15 is 0 Å². The van der Waals surface area contributed by atoms with E-state index in [-0.39, 0.29) is 18.0 Å². The molecular weight excluding hydrogens is 268 g/mol. The molecule has 0 aliphatic carbocycles. The van der Waals surface area contributed by atoms with Gasteiger partial charge in [-0.2, -0.15) is 0 Å². The molecule has 0 aromatic carbocycles. The lowest BCUT2D eigenvalue weighted by atomic mass is 9.78. The van der Waals surface area contributed by atoms with Crippen molar-refractivity contribution >= 4 is 12.0 Å². The maximum absolute atomic E-state index is 12.6. The van der Waals surface area contributed by atoms with Gasteiger partial charge in [0.1, 0.15) is 0 Å². The summed E-state index contributed by atoms with van der Waals surface area (Å²) in [7, 11) is 0. The minimum absolute atomic E-state index is 0.0202. The first-order valence-corrected chi connectivity index (χ1v) is 8.14. The van der Waals surface area contributed by atoms with E-state index in [4.69, 9.17) is 5.11 Å². The summed E-state index contributed by atoms with van der Waals surface area (Å²) in [5.74, 6) is -1.03. The third-order valence-corrected chi connectivity index (χ3v) is 5.57. The van der Waals surface area contributed by atoms with Crippen LogP contribution < -0.4 is 0 Å². The normalized spacial score (nSPS) is 29.3. The molecule has 0 spiro atoms. The summed E-state index contributed by atoms with van der Waals surface area (Å²) in [6.45, 7) is 8.71. The number of likely N-dealkylation sites (tertiary alicyclic amines) is 2. The topological polar surface area (TPSA) is 60.9 Å². The predicted octanol–water partition coefficient (Wildman–Crippen LogP) is 2.80. The molecule has 120 valence electrons. The third-order valence-electron chi connectivity index (χ3n) is 5.57. The number of rotatable bonds is 2. The maximum Gasteiger partial charge on any atom is 0.320 e. The van der Waals surface area contributed by atoms with Crippen molar-refractivity contribution in [3.05, 3.63) is 0 Å². The van der Waals surface area contributed by atoms with Gasteiger partial charge in [-0.1, -0.05) is 20.3 Å². The zero-order chi connectivity index (χ0) is 15.6. The fourth-order valence-electron chi connectivity index (χ4n) is 3.45. The number of aliphatic carboxylic acids is 1. The molecule has 2 amide bonds. The van der Waals surface area contributed by atoms with Crippen molar-refractivity contribution in [2.45, 2.75) is 58.9 Å². The van der Waals surface area contributed by atoms with Crippen LogP contribution in [0.1, 0.15) is 52.9 Å². The maximum atomic E-state index is 12.6. The van der Waals surface area contributed by atoms with E-state index in [1.807, 2.05) is 16.7 Å². The minimum atomic E-state index is -0.731. The molecule has 2 unspecified atom stereocenters. The lowest BCUT2D eigenvalue weighted by Crippen LogP contribution is -2.53. The van der Waals surface area contributed by atoms with Gasteiger partial charge in [0.05, 0.1) is 5.92 Å². The lowest BCUT2D eigenvalue weighted by molar-refractivity contribution is -0.143. The summed E-state index contributed by atoms with van der Waals surface area (Å²) in [6.07, 6.45) is 4.44. The highest BCUT2D eigenvalue weighted by molar-refractivity contribution is 5.76. The fourth-order valence-corrected chi connectivity index (χ4v) is 3.45. The van der Waals surface area contributed by atoms with E-state index in [1.165, 1.54) is 0 Å². The molecular formula is C16H28N2O3. The monoisotopic (exact) mass is 296 g/mol. The Balaban J connectivity index is 1.91. The van der Waals surface area contributed by atoms with Gasteiger partial charge in [0.15, 0.2) is 0 Å². The number of carboxylic acid groups (broad SMARTS) is 1. The average molecular weight is 296 g/mol. The summed E-state index contributed by atoms with van der Waals surface area (Å²) >= 11 is 0. The van der Waals surface area contributed by atoms with Gasteiger partial charge in [-0.15, -0.1) is 0 Å². The largest absolute Gasteiger partial charge is 0.481 e. The average Bonchev–Trinajstić information content (AvgIpc) is 2.47. The molecule has 0 aromatic rings. The summed E-state index contributed by atoms with van der Waals surface area (Å²) in [6, 6.07) is 0.122. The molecule has 2 rings (SSSR count).